The molecule has 0 unspecified atom stereocenters. The fourth-order valence-electron chi connectivity index (χ4n) is 2.75. The molecule has 2 N–H and O–H groups in total. The van der Waals surface area contributed by atoms with Crippen LogP contribution >= 0.6 is 11.8 Å². The van der Waals surface area contributed by atoms with Crippen molar-refractivity contribution < 1.29 is 14.3 Å². The summed E-state index contributed by atoms with van der Waals surface area (Å²) in [5.74, 6) is 1.61. The van der Waals surface area contributed by atoms with Gasteiger partial charge in [0.1, 0.15) is 18.2 Å². The molecule has 0 saturated heterocycles. The standard InChI is InChI=1S/C20H18N4O3S/c1-24-9-8-21-18(24)11-27-15-5-3-14(4-6-15)22-20(26)13-2-7-17-16(10-13)23-19(25)12-28-17/h2-10H,11-12H2,1H3,(H,22,26)(H,23,25). The van der Waals surface area contributed by atoms with Gasteiger partial charge < -0.3 is 19.9 Å². The van der Waals surface area contributed by atoms with E-state index in [0.29, 0.717) is 35.0 Å². The number of carbonyl (C=O) groups is 2. The normalized spacial score (nSPS) is 12.8. The SMILES string of the molecule is Cn1ccnc1COc1ccc(NC(=O)c2ccc3c(c2)NC(=O)CS3)cc1. The lowest BCUT2D eigenvalue weighted by atomic mass is 10.1. The molecular weight excluding hydrogens is 376 g/mol. The first-order valence-electron chi connectivity index (χ1n) is 8.65. The first-order valence-corrected chi connectivity index (χ1v) is 9.64. The predicted octanol–water partition coefficient (Wildman–Crippen LogP) is 3.30. The van der Waals surface area contributed by atoms with Crippen molar-refractivity contribution in [3.8, 4) is 5.75 Å². The number of ether oxygens (including phenoxy) is 1. The maximum atomic E-state index is 12.5. The zero-order valence-electron chi connectivity index (χ0n) is 15.1. The van der Waals surface area contributed by atoms with Gasteiger partial charge in [-0.05, 0) is 42.5 Å². The van der Waals surface area contributed by atoms with Crippen LogP contribution in [0.5, 0.6) is 5.75 Å². The molecule has 0 aliphatic carbocycles. The Hall–Kier alpha value is -3.26. The fraction of sp³-hybridized carbons (Fsp3) is 0.150. The Kier molecular flexibility index (Phi) is 5.03. The molecule has 7 nitrogen and oxygen atoms in total. The average Bonchev–Trinajstić information content (AvgIpc) is 3.11. The van der Waals surface area contributed by atoms with Gasteiger partial charge in [0, 0.05) is 35.6 Å². The topological polar surface area (TPSA) is 85.2 Å². The van der Waals surface area contributed by atoms with E-state index < -0.39 is 0 Å². The zero-order valence-corrected chi connectivity index (χ0v) is 16.0. The summed E-state index contributed by atoms with van der Waals surface area (Å²) >= 11 is 1.46. The minimum Gasteiger partial charge on any atom is -0.486 e. The van der Waals surface area contributed by atoms with E-state index in [1.165, 1.54) is 11.8 Å². The number of nitrogens with zero attached hydrogens (tertiary/aromatic N) is 2. The van der Waals surface area contributed by atoms with Crippen molar-refractivity contribution in [2.75, 3.05) is 16.4 Å². The number of anilines is 2. The molecule has 28 heavy (non-hydrogen) atoms. The highest BCUT2D eigenvalue weighted by atomic mass is 32.2. The van der Waals surface area contributed by atoms with Gasteiger partial charge in [0.2, 0.25) is 5.91 Å². The van der Waals surface area contributed by atoms with Gasteiger partial charge in [0.15, 0.2) is 0 Å². The van der Waals surface area contributed by atoms with E-state index in [2.05, 4.69) is 15.6 Å². The van der Waals surface area contributed by atoms with Crippen LogP contribution in [0, 0.1) is 0 Å². The lowest BCUT2D eigenvalue weighted by molar-refractivity contribution is -0.113. The highest BCUT2D eigenvalue weighted by Gasteiger charge is 2.17. The van der Waals surface area contributed by atoms with Crippen LogP contribution in [0.25, 0.3) is 0 Å². The van der Waals surface area contributed by atoms with Crippen LogP contribution in [-0.2, 0) is 18.4 Å². The first kappa shape index (κ1) is 18.1. The van der Waals surface area contributed by atoms with Crippen LogP contribution in [0.4, 0.5) is 11.4 Å². The number of benzene rings is 2. The van der Waals surface area contributed by atoms with Crippen LogP contribution in [0.3, 0.4) is 0 Å². The third kappa shape index (κ3) is 4.01. The Morgan fingerprint density at radius 2 is 2.11 bits per heavy atom. The van der Waals surface area contributed by atoms with Gasteiger partial charge in [-0.15, -0.1) is 11.8 Å². The van der Waals surface area contributed by atoms with Gasteiger partial charge in [-0.25, -0.2) is 4.98 Å². The third-order valence-electron chi connectivity index (χ3n) is 4.28. The van der Waals surface area contributed by atoms with Crippen LogP contribution in [0.2, 0.25) is 0 Å². The van der Waals surface area contributed by atoms with Crippen LogP contribution in [0.1, 0.15) is 16.2 Å². The van der Waals surface area contributed by atoms with Gasteiger partial charge in [-0.3, -0.25) is 9.59 Å². The van der Waals surface area contributed by atoms with Crippen LogP contribution in [0.15, 0.2) is 59.8 Å². The van der Waals surface area contributed by atoms with E-state index in [1.54, 1.807) is 42.6 Å². The number of thioether (sulfide) groups is 1. The van der Waals surface area contributed by atoms with Crippen molar-refractivity contribution in [2.24, 2.45) is 7.05 Å². The summed E-state index contributed by atoms with van der Waals surface area (Å²) < 4.78 is 7.61. The molecule has 8 heteroatoms. The zero-order chi connectivity index (χ0) is 19.5. The molecule has 4 rings (SSSR count). The molecular formula is C20H18N4O3S. The van der Waals surface area contributed by atoms with Crippen molar-refractivity contribution in [3.63, 3.8) is 0 Å². The van der Waals surface area contributed by atoms with Crippen molar-refractivity contribution in [3.05, 3.63) is 66.2 Å². The maximum Gasteiger partial charge on any atom is 0.255 e. The molecule has 0 atom stereocenters. The molecule has 3 aromatic rings. The largest absolute Gasteiger partial charge is 0.486 e. The highest BCUT2D eigenvalue weighted by Crippen LogP contribution is 2.32. The van der Waals surface area contributed by atoms with Gasteiger partial charge >= 0.3 is 0 Å². The van der Waals surface area contributed by atoms with E-state index in [1.807, 2.05) is 23.9 Å². The lowest BCUT2D eigenvalue weighted by Crippen LogP contribution is -2.19. The molecule has 2 aromatic carbocycles. The predicted molar refractivity (Wildman–Crippen MR) is 108 cm³/mol. The fourth-order valence-corrected chi connectivity index (χ4v) is 3.53. The summed E-state index contributed by atoms with van der Waals surface area (Å²) in [5, 5.41) is 5.64. The second-order valence-corrected chi connectivity index (χ2v) is 7.29. The van der Waals surface area contributed by atoms with Crippen molar-refractivity contribution in [1.29, 1.82) is 0 Å². The molecule has 0 spiro atoms. The molecule has 1 aromatic heterocycles. The summed E-state index contributed by atoms with van der Waals surface area (Å²) in [5.41, 5.74) is 1.81. The maximum absolute atomic E-state index is 12.5. The van der Waals surface area contributed by atoms with Gasteiger partial charge in [0.05, 0.1) is 11.4 Å². The van der Waals surface area contributed by atoms with Crippen LogP contribution in [-0.4, -0.2) is 27.1 Å². The van der Waals surface area contributed by atoms with E-state index in [0.717, 1.165) is 10.7 Å². The monoisotopic (exact) mass is 394 g/mol. The number of carbonyl (C=O) groups excluding carboxylic acids is 2. The summed E-state index contributed by atoms with van der Waals surface area (Å²) in [6.07, 6.45) is 3.59. The average molecular weight is 394 g/mol. The number of amides is 2. The van der Waals surface area contributed by atoms with Gasteiger partial charge in [0.25, 0.3) is 5.91 Å². The Bertz CT molecular complexity index is 1030. The number of aryl methyl sites for hydroxylation is 1. The lowest BCUT2D eigenvalue weighted by Gasteiger charge is -2.17. The second kappa shape index (κ2) is 7.77. The molecule has 1 aliphatic rings. The summed E-state index contributed by atoms with van der Waals surface area (Å²) in [7, 11) is 1.91. The Morgan fingerprint density at radius 3 is 2.86 bits per heavy atom. The number of nitrogens with one attached hydrogen (secondary N) is 2. The van der Waals surface area contributed by atoms with Crippen molar-refractivity contribution >= 4 is 35.0 Å². The third-order valence-corrected chi connectivity index (χ3v) is 5.35. The number of hydrogen-bond donors (Lipinski definition) is 2. The Labute approximate surface area is 166 Å². The second-order valence-electron chi connectivity index (χ2n) is 6.27. The van der Waals surface area contributed by atoms with E-state index in [9.17, 15) is 9.59 Å². The Balaban J connectivity index is 1.39. The summed E-state index contributed by atoms with van der Waals surface area (Å²) in [4.78, 5) is 29.2. The van der Waals surface area contributed by atoms with E-state index >= 15 is 0 Å². The minimum absolute atomic E-state index is 0.0591. The van der Waals surface area contributed by atoms with E-state index in [-0.39, 0.29) is 11.8 Å². The molecule has 0 radical (unpaired) electrons. The van der Waals surface area contributed by atoms with E-state index in [4.69, 9.17) is 4.74 Å². The van der Waals surface area contributed by atoms with Crippen molar-refractivity contribution in [1.82, 2.24) is 9.55 Å². The molecule has 2 amide bonds. The smallest absolute Gasteiger partial charge is 0.255 e. The molecule has 2 heterocycles. The molecule has 1 aliphatic heterocycles. The summed E-state index contributed by atoms with van der Waals surface area (Å²) in [6.45, 7) is 0.369. The number of rotatable bonds is 5. The van der Waals surface area contributed by atoms with Crippen LogP contribution < -0.4 is 15.4 Å². The molecule has 0 fully saturated rings. The number of hydrogen-bond acceptors (Lipinski definition) is 5. The molecule has 142 valence electrons. The summed E-state index contributed by atoms with van der Waals surface area (Å²) in [6, 6.07) is 12.4. The number of aromatic nitrogens is 2. The van der Waals surface area contributed by atoms with Crippen molar-refractivity contribution in [2.45, 2.75) is 11.5 Å². The number of fused-ring (bicyclic) bond motifs is 1. The van der Waals surface area contributed by atoms with Gasteiger partial charge in [-0.1, -0.05) is 0 Å². The minimum atomic E-state index is -0.241. The van der Waals surface area contributed by atoms with Gasteiger partial charge in [-0.2, -0.15) is 0 Å². The Morgan fingerprint density at radius 1 is 1.29 bits per heavy atom. The number of imidazole rings is 1. The quantitative estimate of drug-likeness (QED) is 0.694. The molecule has 0 saturated carbocycles. The molecule has 0 bridgehead atoms. The highest BCUT2D eigenvalue weighted by molar-refractivity contribution is 8.00. The first-order chi connectivity index (χ1) is 13.6.